The zero-order valence-corrected chi connectivity index (χ0v) is 15.9. The van der Waals surface area contributed by atoms with E-state index in [2.05, 4.69) is 45.7 Å². The van der Waals surface area contributed by atoms with Crippen molar-refractivity contribution in [3.05, 3.63) is 60.3 Å². The molecule has 0 aliphatic carbocycles. The predicted octanol–water partition coefficient (Wildman–Crippen LogP) is 2.86. The number of nitrogens with zero attached hydrogens (tertiary/aromatic N) is 6. The lowest BCUT2D eigenvalue weighted by atomic mass is 10.1. The lowest BCUT2D eigenvalue weighted by molar-refractivity contribution is 0.235. The molecule has 4 rings (SSSR count). The van der Waals surface area contributed by atoms with E-state index in [0.29, 0.717) is 12.0 Å². The van der Waals surface area contributed by atoms with E-state index in [1.165, 1.54) is 5.56 Å². The van der Waals surface area contributed by atoms with Gasteiger partial charge in [-0.15, -0.1) is 0 Å². The maximum atomic E-state index is 5.25. The van der Waals surface area contributed by atoms with E-state index in [1.807, 2.05) is 29.1 Å². The molecular formula is C20H24N6O. The molecule has 0 fully saturated rings. The minimum absolute atomic E-state index is 0.341. The maximum Gasteiger partial charge on any atom is 0.236 e. The molecule has 140 valence electrons. The summed E-state index contributed by atoms with van der Waals surface area (Å²) < 4.78 is 7.09. The number of hydrogen-bond acceptors (Lipinski definition) is 6. The zero-order valence-electron chi connectivity index (χ0n) is 15.9. The van der Waals surface area contributed by atoms with Gasteiger partial charge in [0.1, 0.15) is 17.9 Å². The Morgan fingerprint density at radius 1 is 1.19 bits per heavy atom. The van der Waals surface area contributed by atoms with E-state index >= 15 is 0 Å². The summed E-state index contributed by atoms with van der Waals surface area (Å²) in [7, 11) is 1.69. The van der Waals surface area contributed by atoms with Crippen LogP contribution in [0, 0.1) is 0 Å². The molecule has 7 heteroatoms. The van der Waals surface area contributed by atoms with E-state index in [0.717, 1.165) is 36.9 Å². The van der Waals surface area contributed by atoms with Crippen LogP contribution >= 0.6 is 0 Å². The van der Waals surface area contributed by atoms with Crippen LogP contribution in [0.1, 0.15) is 25.0 Å². The summed E-state index contributed by atoms with van der Waals surface area (Å²) >= 11 is 0. The molecule has 1 aliphatic rings. The summed E-state index contributed by atoms with van der Waals surface area (Å²) in [6.07, 6.45) is 7.26. The average molecular weight is 364 g/mol. The Morgan fingerprint density at radius 3 is 2.67 bits per heavy atom. The summed E-state index contributed by atoms with van der Waals surface area (Å²) in [4.78, 5) is 18.2. The summed E-state index contributed by atoms with van der Waals surface area (Å²) in [5, 5.41) is 0. The standard InChI is InChI=1S/C20H24N6O/c1-15(2)26-14-24(11-16-4-6-18(27-3)7-5-16)12-17-10-22-20(23-19(17)26)25-9-8-21-13-25/h4-10,13,15H,11-12,14H2,1-3H3. The molecule has 7 nitrogen and oxygen atoms in total. The van der Waals surface area contributed by atoms with Crippen molar-refractivity contribution in [1.82, 2.24) is 24.4 Å². The molecule has 0 radical (unpaired) electrons. The second-order valence-corrected chi connectivity index (χ2v) is 7.03. The molecule has 1 aromatic carbocycles. The highest BCUT2D eigenvalue weighted by Gasteiger charge is 2.26. The molecule has 1 aliphatic heterocycles. The molecule has 27 heavy (non-hydrogen) atoms. The highest BCUT2D eigenvalue weighted by molar-refractivity contribution is 5.50. The van der Waals surface area contributed by atoms with Crippen LogP contribution in [0.3, 0.4) is 0 Å². The van der Waals surface area contributed by atoms with Crippen LogP contribution in [0.2, 0.25) is 0 Å². The largest absolute Gasteiger partial charge is 0.497 e. The van der Waals surface area contributed by atoms with Gasteiger partial charge < -0.3 is 9.64 Å². The first-order valence-electron chi connectivity index (χ1n) is 9.10. The van der Waals surface area contributed by atoms with Crippen molar-refractivity contribution in [2.24, 2.45) is 0 Å². The summed E-state index contributed by atoms with van der Waals surface area (Å²) in [6, 6.07) is 8.59. The third-order valence-corrected chi connectivity index (χ3v) is 4.77. The van der Waals surface area contributed by atoms with Gasteiger partial charge in [-0.1, -0.05) is 12.1 Å². The zero-order chi connectivity index (χ0) is 18.8. The molecule has 0 spiro atoms. The molecule has 0 bridgehead atoms. The van der Waals surface area contributed by atoms with E-state index < -0.39 is 0 Å². The molecular weight excluding hydrogens is 340 g/mol. The van der Waals surface area contributed by atoms with Crippen molar-refractivity contribution in [2.45, 2.75) is 33.0 Å². The Hall–Kier alpha value is -2.93. The molecule has 0 atom stereocenters. The Bertz CT molecular complexity index is 891. The first-order chi connectivity index (χ1) is 13.1. The summed E-state index contributed by atoms with van der Waals surface area (Å²) in [5.41, 5.74) is 2.41. The van der Waals surface area contributed by atoms with Crippen molar-refractivity contribution < 1.29 is 4.74 Å². The van der Waals surface area contributed by atoms with E-state index in [-0.39, 0.29) is 0 Å². The molecule has 2 aromatic heterocycles. The van der Waals surface area contributed by atoms with Crippen LogP contribution in [-0.4, -0.2) is 44.2 Å². The number of hydrogen-bond donors (Lipinski definition) is 0. The first-order valence-corrected chi connectivity index (χ1v) is 9.10. The first kappa shape index (κ1) is 17.5. The van der Waals surface area contributed by atoms with Crippen molar-refractivity contribution in [3.8, 4) is 11.7 Å². The average Bonchev–Trinajstić information content (AvgIpc) is 3.22. The number of fused-ring (bicyclic) bond motifs is 1. The minimum atomic E-state index is 0.341. The van der Waals surface area contributed by atoms with Gasteiger partial charge in [-0.2, -0.15) is 4.98 Å². The second kappa shape index (κ2) is 7.36. The number of anilines is 1. The fraction of sp³-hybridized carbons (Fsp3) is 0.350. The molecule has 0 unspecified atom stereocenters. The lowest BCUT2D eigenvalue weighted by Gasteiger charge is -2.39. The van der Waals surface area contributed by atoms with Crippen LogP contribution in [0.25, 0.3) is 5.95 Å². The van der Waals surface area contributed by atoms with Crippen LogP contribution in [-0.2, 0) is 13.1 Å². The van der Waals surface area contributed by atoms with Gasteiger partial charge in [0.15, 0.2) is 0 Å². The molecule has 0 amide bonds. The summed E-state index contributed by atoms with van der Waals surface area (Å²) in [5.74, 6) is 2.54. The number of ether oxygens (including phenoxy) is 1. The molecule has 0 saturated carbocycles. The number of aromatic nitrogens is 4. The van der Waals surface area contributed by atoms with Crippen molar-refractivity contribution in [1.29, 1.82) is 0 Å². The van der Waals surface area contributed by atoms with Gasteiger partial charge in [0.2, 0.25) is 5.95 Å². The minimum Gasteiger partial charge on any atom is -0.497 e. The Morgan fingerprint density at radius 2 is 2.00 bits per heavy atom. The highest BCUT2D eigenvalue weighted by Crippen LogP contribution is 2.28. The van der Waals surface area contributed by atoms with Crippen molar-refractivity contribution in [3.63, 3.8) is 0 Å². The molecule has 3 heterocycles. The van der Waals surface area contributed by atoms with Crippen molar-refractivity contribution >= 4 is 5.82 Å². The quantitative estimate of drug-likeness (QED) is 0.694. The van der Waals surface area contributed by atoms with Gasteiger partial charge in [0.05, 0.1) is 13.8 Å². The predicted molar refractivity (Wildman–Crippen MR) is 104 cm³/mol. The monoisotopic (exact) mass is 364 g/mol. The third-order valence-electron chi connectivity index (χ3n) is 4.77. The van der Waals surface area contributed by atoms with Crippen LogP contribution in [0.4, 0.5) is 5.82 Å². The van der Waals surface area contributed by atoms with Crippen LogP contribution < -0.4 is 9.64 Å². The smallest absolute Gasteiger partial charge is 0.236 e. The van der Waals surface area contributed by atoms with Crippen molar-refractivity contribution in [2.75, 3.05) is 18.7 Å². The summed E-state index contributed by atoms with van der Waals surface area (Å²) in [6.45, 7) is 6.92. The molecule has 0 saturated heterocycles. The normalized spacial score (nSPS) is 14.4. The van der Waals surface area contributed by atoms with E-state index in [4.69, 9.17) is 9.72 Å². The number of imidazole rings is 1. The lowest BCUT2D eigenvalue weighted by Crippen LogP contribution is -2.46. The topological polar surface area (TPSA) is 59.3 Å². The van der Waals surface area contributed by atoms with Gasteiger partial charge in [0.25, 0.3) is 0 Å². The Labute approximate surface area is 159 Å². The fourth-order valence-corrected chi connectivity index (χ4v) is 3.33. The van der Waals surface area contributed by atoms with E-state index in [1.54, 1.807) is 19.6 Å². The number of methoxy groups -OCH3 is 1. The van der Waals surface area contributed by atoms with Gasteiger partial charge in [-0.3, -0.25) is 9.47 Å². The molecule has 3 aromatic rings. The highest BCUT2D eigenvalue weighted by atomic mass is 16.5. The van der Waals surface area contributed by atoms with Crippen LogP contribution in [0.15, 0.2) is 49.2 Å². The Kier molecular flexibility index (Phi) is 4.77. The van der Waals surface area contributed by atoms with Gasteiger partial charge in [-0.25, -0.2) is 9.97 Å². The maximum absolute atomic E-state index is 5.25. The molecule has 0 N–H and O–H groups in total. The van der Waals surface area contributed by atoms with Gasteiger partial charge >= 0.3 is 0 Å². The Balaban J connectivity index is 1.59. The third kappa shape index (κ3) is 3.64. The number of rotatable bonds is 5. The number of benzene rings is 1. The SMILES string of the molecule is COc1ccc(CN2Cc3cnc(-n4ccnc4)nc3N(C(C)C)C2)cc1. The van der Waals surface area contributed by atoms with E-state index in [9.17, 15) is 0 Å². The van der Waals surface area contributed by atoms with Crippen LogP contribution in [0.5, 0.6) is 5.75 Å². The second-order valence-electron chi connectivity index (χ2n) is 7.03. The van der Waals surface area contributed by atoms with Gasteiger partial charge in [0, 0.05) is 43.3 Å². The van der Waals surface area contributed by atoms with Gasteiger partial charge in [-0.05, 0) is 31.5 Å². The fourth-order valence-electron chi connectivity index (χ4n) is 3.33.